The summed E-state index contributed by atoms with van der Waals surface area (Å²) in [5.74, 6) is -1.17. The number of imidazole rings is 1. The van der Waals surface area contributed by atoms with Crippen LogP contribution in [0.25, 0.3) is 11.0 Å². The van der Waals surface area contributed by atoms with Gasteiger partial charge in [0.25, 0.3) is 0 Å². The maximum atomic E-state index is 12.1. The summed E-state index contributed by atoms with van der Waals surface area (Å²) >= 11 is 0. The molecule has 5 nitrogen and oxygen atoms in total. The first-order valence-electron chi connectivity index (χ1n) is 6.31. The van der Waals surface area contributed by atoms with Crippen LogP contribution in [-0.2, 0) is 6.54 Å². The lowest BCUT2D eigenvalue weighted by Crippen LogP contribution is -2.17. The van der Waals surface area contributed by atoms with E-state index >= 15 is 0 Å². The zero-order chi connectivity index (χ0) is 15.6. The highest BCUT2D eigenvalue weighted by molar-refractivity contribution is 6.00. The number of hydrogen-bond acceptors (Lipinski definition) is 2. The number of alkyl halides is 3. The molecule has 0 radical (unpaired) electrons. The zero-order valence-electron chi connectivity index (χ0n) is 10.9. The molecule has 0 atom stereocenters. The van der Waals surface area contributed by atoms with Gasteiger partial charge in [0.2, 0.25) is 0 Å². The molecule has 2 N–H and O–H groups in total. The number of aromatic amines is 1. The fraction of sp³-hybridized carbons (Fsp3) is 0.385. The van der Waals surface area contributed by atoms with E-state index in [-0.39, 0.29) is 30.5 Å². The van der Waals surface area contributed by atoms with Crippen molar-refractivity contribution < 1.29 is 23.1 Å². The van der Waals surface area contributed by atoms with Crippen LogP contribution in [0.5, 0.6) is 0 Å². The molecule has 0 amide bonds. The van der Waals surface area contributed by atoms with Crippen molar-refractivity contribution in [3.05, 3.63) is 34.2 Å². The Morgan fingerprint density at radius 3 is 2.62 bits per heavy atom. The van der Waals surface area contributed by atoms with Gasteiger partial charge in [0.15, 0.2) is 0 Å². The number of aryl methyl sites for hydroxylation is 1. The normalized spacial score (nSPS) is 12.0. The zero-order valence-corrected chi connectivity index (χ0v) is 10.9. The van der Waals surface area contributed by atoms with Gasteiger partial charge in [0.1, 0.15) is 0 Å². The number of unbranched alkanes of at least 4 members (excludes halogenated alkanes) is 1. The molecule has 8 heteroatoms. The van der Waals surface area contributed by atoms with Crippen LogP contribution in [0.2, 0.25) is 0 Å². The first-order valence-corrected chi connectivity index (χ1v) is 6.31. The molecular formula is C13H13F3N2O3. The number of para-hydroxylation sites is 1. The lowest BCUT2D eigenvalue weighted by molar-refractivity contribution is -0.135. The summed E-state index contributed by atoms with van der Waals surface area (Å²) < 4.78 is 37.4. The van der Waals surface area contributed by atoms with Gasteiger partial charge in [-0.15, -0.1) is 0 Å². The molecule has 0 saturated carbocycles. The van der Waals surface area contributed by atoms with E-state index in [0.29, 0.717) is 5.52 Å². The number of nitrogens with zero attached hydrogens (tertiary/aromatic N) is 1. The second kappa shape index (κ2) is 5.63. The van der Waals surface area contributed by atoms with Gasteiger partial charge in [-0.1, -0.05) is 6.07 Å². The van der Waals surface area contributed by atoms with Gasteiger partial charge in [-0.3, -0.25) is 4.57 Å². The first kappa shape index (κ1) is 15.1. The number of rotatable bonds is 5. The van der Waals surface area contributed by atoms with E-state index in [1.54, 1.807) is 6.07 Å². The van der Waals surface area contributed by atoms with Crippen LogP contribution < -0.4 is 5.69 Å². The van der Waals surface area contributed by atoms with Crippen molar-refractivity contribution in [2.24, 2.45) is 0 Å². The topological polar surface area (TPSA) is 75.1 Å². The largest absolute Gasteiger partial charge is 0.478 e. The van der Waals surface area contributed by atoms with Crippen molar-refractivity contribution in [1.82, 2.24) is 9.55 Å². The summed E-state index contributed by atoms with van der Waals surface area (Å²) in [5, 5.41) is 9.03. The minimum atomic E-state index is -4.21. The summed E-state index contributed by atoms with van der Waals surface area (Å²) in [6, 6.07) is 4.41. The molecule has 1 aromatic heterocycles. The second-order valence-electron chi connectivity index (χ2n) is 4.66. The number of benzene rings is 1. The van der Waals surface area contributed by atoms with Crippen LogP contribution in [0, 0.1) is 0 Å². The van der Waals surface area contributed by atoms with Crippen LogP contribution in [0.4, 0.5) is 13.2 Å². The average molecular weight is 302 g/mol. The van der Waals surface area contributed by atoms with Crippen LogP contribution >= 0.6 is 0 Å². The third-order valence-corrected chi connectivity index (χ3v) is 3.13. The SMILES string of the molecule is O=C(O)c1cccc2c1[nH]c(=O)n2CCCCC(F)(F)F. The molecule has 0 bridgehead atoms. The molecule has 0 spiro atoms. The van der Waals surface area contributed by atoms with Gasteiger partial charge in [0, 0.05) is 13.0 Å². The number of carbonyl (C=O) groups is 1. The third kappa shape index (κ3) is 3.45. The number of hydrogen-bond donors (Lipinski definition) is 2. The minimum absolute atomic E-state index is 0.0429. The van der Waals surface area contributed by atoms with Crippen molar-refractivity contribution in [2.45, 2.75) is 32.0 Å². The Morgan fingerprint density at radius 1 is 1.29 bits per heavy atom. The number of aromatic nitrogens is 2. The predicted molar refractivity (Wildman–Crippen MR) is 69.4 cm³/mol. The van der Waals surface area contributed by atoms with Crippen molar-refractivity contribution in [3.63, 3.8) is 0 Å². The van der Waals surface area contributed by atoms with Crippen LogP contribution in [0.15, 0.2) is 23.0 Å². The van der Waals surface area contributed by atoms with Crippen LogP contribution in [-0.4, -0.2) is 26.8 Å². The molecule has 1 aromatic carbocycles. The summed E-state index contributed by atoms with van der Waals surface area (Å²) in [7, 11) is 0. The molecule has 2 rings (SSSR count). The second-order valence-corrected chi connectivity index (χ2v) is 4.66. The smallest absolute Gasteiger partial charge is 0.389 e. The minimum Gasteiger partial charge on any atom is -0.478 e. The van der Waals surface area contributed by atoms with E-state index in [1.807, 2.05) is 0 Å². The molecule has 0 aliphatic heterocycles. The first-order chi connectivity index (χ1) is 9.79. The maximum absolute atomic E-state index is 12.1. The number of halogens is 3. The Balaban J connectivity index is 2.21. The van der Waals surface area contributed by atoms with Crippen molar-refractivity contribution >= 4 is 17.0 Å². The highest BCUT2D eigenvalue weighted by atomic mass is 19.4. The van der Waals surface area contributed by atoms with Gasteiger partial charge in [-0.2, -0.15) is 13.2 Å². The van der Waals surface area contributed by atoms with Crippen molar-refractivity contribution in [1.29, 1.82) is 0 Å². The van der Waals surface area contributed by atoms with E-state index in [2.05, 4.69) is 4.98 Å². The molecule has 2 aromatic rings. The van der Waals surface area contributed by atoms with E-state index in [9.17, 15) is 22.8 Å². The number of aromatic carboxylic acids is 1. The predicted octanol–water partition coefficient (Wildman–Crippen LogP) is 2.76. The summed E-state index contributed by atoms with van der Waals surface area (Å²) in [5.41, 5.74) is 0.00193. The van der Waals surface area contributed by atoms with E-state index in [0.717, 1.165) is 0 Å². The Morgan fingerprint density at radius 2 is 2.00 bits per heavy atom. The maximum Gasteiger partial charge on any atom is 0.389 e. The van der Waals surface area contributed by atoms with E-state index in [1.165, 1.54) is 16.7 Å². The fourth-order valence-electron chi connectivity index (χ4n) is 2.18. The molecule has 21 heavy (non-hydrogen) atoms. The Labute approximate surface area is 117 Å². The van der Waals surface area contributed by atoms with Gasteiger partial charge < -0.3 is 10.1 Å². The number of fused-ring (bicyclic) bond motifs is 1. The average Bonchev–Trinajstić information content (AvgIpc) is 2.69. The van der Waals surface area contributed by atoms with Gasteiger partial charge in [-0.25, -0.2) is 9.59 Å². The molecular weight excluding hydrogens is 289 g/mol. The molecule has 0 aliphatic rings. The van der Waals surface area contributed by atoms with E-state index in [4.69, 9.17) is 5.11 Å². The van der Waals surface area contributed by atoms with Crippen LogP contribution in [0.1, 0.15) is 29.6 Å². The third-order valence-electron chi connectivity index (χ3n) is 3.13. The Hall–Kier alpha value is -2.25. The quantitative estimate of drug-likeness (QED) is 0.834. The monoisotopic (exact) mass is 302 g/mol. The lowest BCUT2D eigenvalue weighted by atomic mass is 10.2. The highest BCUT2D eigenvalue weighted by Crippen LogP contribution is 2.22. The van der Waals surface area contributed by atoms with Gasteiger partial charge in [0.05, 0.1) is 16.6 Å². The highest BCUT2D eigenvalue weighted by Gasteiger charge is 2.26. The summed E-state index contributed by atoms with van der Waals surface area (Å²) in [6.07, 6.45) is -5.00. The Bertz CT molecular complexity index is 716. The number of carboxylic acids is 1. The fourth-order valence-corrected chi connectivity index (χ4v) is 2.18. The molecule has 0 aliphatic carbocycles. The molecule has 1 heterocycles. The Kier molecular flexibility index (Phi) is 4.06. The van der Waals surface area contributed by atoms with Gasteiger partial charge >= 0.3 is 17.8 Å². The molecule has 0 unspecified atom stereocenters. The van der Waals surface area contributed by atoms with Crippen molar-refractivity contribution in [3.8, 4) is 0 Å². The molecule has 114 valence electrons. The van der Waals surface area contributed by atoms with Crippen LogP contribution in [0.3, 0.4) is 0 Å². The molecule has 0 saturated heterocycles. The van der Waals surface area contributed by atoms with Crippen molar-refractivity contribution in [2.75, 3.05) is 0 Å². The standard InChI is InChI=1S/C13H13F3N2O3/c14-13(15,16)6-1-2-7-18-9-5-3-4-8(11(19)20)10(9)17-12(18)21/h3-5H,1-2,6-7H2,(H,17,21)(H,19,20). The summed E-state index contributed by atoms with van der Waals surface area (Å²) in [6.45, 7) is 0.109. The number of nitrogens with one attached hydrogen (secondary N) is 1. The lowest BCUT2D eigenvalue weighted by Gasteiger charge is -2.06. The summed E-state index contributed by atoms with van der Waals surface area (Å²) in [4.78, 5) is 25.3. The number of H-pyrrole nitrogens is 1. The number of carboxylic acid groups (broad SMARTS) is 1. The molecule has 0 fully saturated rings. The van der Waals surface area contributed by atoms with E-state index < -0.39 is 24.3 Å². The van der Waals surface area contributed by atoms with Gasteiger partial charge in [-0.05, 0) is 25.0 Å².